The molecule has 0 aliphatic rings. The maximum atomic E-state index is 10.9. The molecule has 2 rings (SSSR count). The molecule has 0 saturated heterocycles. The summed E-state index contributed by atoms with van der Waals surface area (Å²) >= 11 is 0. The average Bonchev–Trinajstić information content (AvgIpc) is 2.92. The fourth-order valence-electron chi connectivity index (χ4n) is 2.16. The number of ether oxygens (including phenoxy) is 1. The van der Waals surface area contributed by atoms with Gasteiger partial charge in [0, 0.05) is 23.9 Å². The summed E-state index contributed by atoms with van der Waals surface area (Å²) in [4.78, 5) is 10.9. The summed E-state index contributed by atoms with van der Waals surface area (Å²) in [5.74, 6) is 0.799. The van der Waals surface area contributed by atoms with Crippen molar-refractivity contribution in [3.8, 4) is 16.9 Å². The Morgan fingerprint density at radius 3 is 2.86 bits per heavy atom. The molecule has 22 heavy (non-hydrogen) atoms. The molecule has 0 spiro atoms. The largest absolute Gasteiger partial charge is 0.483 e. The predicted molar refractivity (Wildman–Crippen MR) is 86.5 cm³/mol. The zero-order chi connectivity index (χ0) is 16.1. The number of rotatable bonds is 7. The van der Waals surface area contributed by atoms with Gasteiger partial charge in [-0.15, -0.1) is 0 Å². The number of hydrogen-bond acceptors (Lipinski definition) is 3. The van der Waals surface area contributed by atoms with Gasteiger partial charge in [0.25, 0.3) is 5.91 Å². The second kappa shape index (κ2) is 7.11. The third kappa shape index (κ3) is 4.35. The first-order valence-corrected chi connectivity index (χ1v) is 7.50. The molecule has 5 heteroatoms. The van der Waals surface area contributed by atoms with Crippen LogP contribution in [0.5, 0.6) is 5.75 Å². The standard InChI is InChI=1S/C17H23N3O2/c1-12(2)6-7-20-10-14(9-19-20)15-8-13(3)4-5-16(15)22-11-17(18)21/h4-5,8-10,12H,6-7,11H2,1-3H3,(H2,18,21). The first-order chi connectivity index (χ1) is 10.5. The first-order valence-electron chi connectivity index (χ1n) is 7.50. The van der Waals surface area contributed by atoms with Crippen molar-refractivity contribution in [3.05, 3.63) is 36.2 Å². The second-order valence-electron chi connectivity index (χ2n) is 5.93. The lowest BCUT2D eigenvalue weighted by atomic mass is 10.1. The van der Waals surface area contributed by atoms with E-state index in [1.54, 1.807) is 0 Å². The number of nitrogens with two attached hydrogens (primary N) is 1. The second-order valence-corrected chi connectivity index (χ2v) is 5.93. The first kappa shape index (κ1) is 16.1. The Labute approximate surface area is 131 Å². The van der Waals surface area contributed by atoms with Gasteiger partial charge in [0.15, 0.2) is 6.61 Å². The van der Waals surface area contributed by atoms with Gasteiger partial charge in [0.1, 0.15) is 5.75 Å². The minimum Gasteiger partial charge on any atom is -0.483 e. The van der Waals surface area contributed by atoms with Gasteiger partial charge in [0.05, 0.1) is 6.20 Å². The maximum Gasteiger partial charge on any atom is 0.255 e. The molecule has 1 amide bonds. The SMILES string of the molecule is Cc1ccc(OCC(N)=O)c(-c2cnn(CCC(C)C)c2)c1. The molecule has 2 N–H and O–H groups in total. The molecular formula is C17H23N3O2. The Balaban J connectivity index is 2.23. The van der Waals surface area contributed by atoms with Gasteiger partial charge in [-0.3, -0.25) is 9.48 Å². The van der Waals surface area contributed by atoms with Crippen LogP contribution in [-0.2, 0) is 11.3 Å². The van der Waals surface area contributed by atoms with Crippen LogP contribution >= 0.6 is 0 Å². The highest BCUT2D eigenvalue weighted by Crippen LogP contribution is 2.30. The number of hydrogen-bond donors (Lipinski definition) is 1. The van der Waals surface area contributed by atoms with Gasteiger partial charge >= 0.3 is 0 Å². The Hall–Kier alpha value is -2.30. The van der Waals surface area contributed by atoms with Crippen LogP contribution in [0, 0.1) is 12.8 Å². The van der Waals surface area contributed by atoms with Crippen LogP contribution in [0.3, 0.4) is 0 Å². The summed E-state index contributed by atoms with van der Waals surface area (Å²) in [6.07, 6.45) is 4.92. The van der Waals surface area contributed by atoms with Gasteiger partial charge in [-0.1, -0.05) is 25.5 Å². The fraction of sp³-hybridized carbons (Fsp3) is 0.412. The molecule has 0 atom stereocenters. The molecule has 2 aromatic rings. The number of carbonyl (C=O) groups excluding carboxylic acids is 1. The van der Waals surface area contributed by atoms with Gasteiger partial charge in [0.2, 0.25) is 0 Å². The number of primary amides is 1. The summed E-state index contributed by atoms with van der Waals surface area (Å²) in [5, 5.41) is 4.40. The molecule has 0 radical (unpaired) electrons. The highest BCUT2D eigenvalue weighted by atomic mass is 16.5. The molecule has 0 saturated carbocycles. The van der Waals surface area contributed by atoms with Crippen LogP contribution in [0.4, 0.5) is 0 Å². The minimum atomic E-state index is -0.487. The van der Waals surface area contributed by atoms with E-state index in [9.17, 15) is 4.79 Å². The van der Waals surface area contributed by atoms with Gasteiger partial charge in [-0.05, 0) is 31.4 Å². The minimum absolute atomic E-state index is 0.127. The van der Waals surface area contributed by atoms with Crippen LogP contribution in [0.1, 0.15) is 25.8 Å². The maximum absolute atomic E-state index is 10.9. The summed E-state index contributed by atoms with van der Waals surface area (Å²) in [6, 6.07) is 5.84. The van der Waals surface area contributed by atoms with Crippen LogP contribution in [0.15, 0.2) is 30.6 Å². The van der Waals surface area contributed by atoms with Crippen molar-refractivity contribution in [3.63, 3.8) is 0 Å². The lowest BCUT2D eigenvalue weighted by Crippen LogP contribution is -2.20. The monoisotopic (exact) mass is 301 g/mol. The van der Waals surface area contributed by atoms with E-state index in [-0.39, 0.29) is 6.61 Å². The Bertz CT molecular complexity index is 647. The van der Waals surface area contributed by atoms with E-state index in [1.165, 1.54) is 0 Å². The molecule has 1 aromatic carbocycles. The zero-order valence-electron chi connectivity index (χ0n) is 13.4. The van der Waals surface area contributed by atoms with E-state index in [4.69, 9.17) is 10.5 Å². The van der Waals surface area contributed by atoms with E-state index in [1.807, 2.05) is 42.2 Å². The highest BCUT2D eigenvalue weighted by Gasteiger charge is 2.10. The molecule has 118 valence electrons. The van der Waals surface area contributed by atoms with Crippen molar-refractivity contribution < 1.29 is 9.53 Å². The van der Waals surface area contributed by atoms with Crippen LogP contribution < -0.4 is 10.5 Å². The van der Waals surface area contributed by atoms with Gasteiger partial charge in [-0.25, -0.2) is 0 Å². The number of amides is 1. The summed E-state index contributed by atoms with van der Waals surface area (Å²) in [7, 11) is 0. The Morgan fingerprint density at radius 2 is 2.18 bits per heavy atom. The molecule has 1 heterocycles. The third-order valence-electron chi connectivity index (χ3n) is 3.38. The smallest absolute Gasteiger partial charge is 0.255 e. The van der Waals surface area contributed by atoms with E-state index in [0.717, 1.165) is 29.7 Å². The molecule has 0 aliphatic carbocycles. The van der Waals surface area contributed by atoms with Crippen LogP contribution in [0.25, 0.3) is 11.1 Å². The number of nitrogens with zero attached hydrogens (tertiary/aromatic N) is 2. The van der Waals surface area contributed by atoms with Crippen molar-refractivity contribution in [2.45, 2.75) is 33.7 Å². The van der Waals surface area contributed by atoms with E-state index in [0.29, 0.717) is 11.7 Å². The summed E-state index contributed by atoms with van der Waals surface area (Å²) < 4.78 is 7.44. The van der Waals surface area contributed by atoms with E-state index >= 15 is 0 Å². The number of benzene rings is 1. The van der Waals surface area contributed by atoms with Gasteiger partial charge < -0.3 is 10.5 Å². The third-order valence-corrected chi connectivity index (χ3v) is 3.38. The summed E-state index contributed by atoms with van der Waals surface area (Å²) in [5.41, 5.74) is 8.18. The quantitative estimate of drug-likeness (QED) is 0.855. The number of carbonyl (C=O) groups is 1. The van der Waals surface area contributed by atoms with Crippen molar-refractivity contribution in [2.24, 2.45) is 11.7 Å². The van der Waals surface area contributed by atoms with Crippen molar-refractivity contribution >= 4 is 5.91 Å². The van der Waals surface area contributed by atoms with Crippen LogP contribution in [0.2, 0.25) is 0 Å². The topological polar surface area (TPSA) is 70.1 Å². The number of aryl methyl sites for hydroxylation is 2. The van der Waals surface area contributed by atoms with Crippen molar-refractivity contribution in [1.29, 1.82) is 0 Å². The molecule has 0 aliphatic heterocycles. The molecular weight excluding hydrogens is 278 g/mol. The van der Waals surface area contributed by atoms with Crippen molar-refractivity contribution in [2.75, 3.05) is 6.61 Å². The predicted octanol–water partition coefficient (Wildman–Crippen LogP) is 2.77. The molecule has 5 nitrogen and oxygen atoms in total. The van der Waals surface area contributed by atoms with Gasteiger partial charge in [-0.2, -0.15) is 5.10 Å². The summed E-state index contributed by atoms with van der Waals surface area (Å²) in [6.45, 7) is 7.17. The molecule has 1 aromatic heterocycles. The molecule has 0 fully saturated rings. The fourth-order valence-corrected chi connectivity index (χ4v) is 2.16. The lowest BCUT2D eigenvalue weighted by Gasteiger charge is -2.10. The lowest BCUT2D eigenvalue weighted by molar-refractivity contribution is -0.119. The van der Waals surface area contributed by atoms with E-state index < -0.39 is 5.91 Å². The Morgan fingerprint density at radius 1 is 1.41 bits per heavy atom. The molecule has 0 unspecified atom stereocenters. The molecule has 0 bridgehead atoms. The Kier molecular flexibility index (Phi) is 5.20. The van der Waals surface area contributed by atoms with Crippen LogP contribution in [-0.4, -0.2) is 22.3 Å². The normalized spacial score (nSPS) is 10.9. The zero-order valence-corrected chi connectivity index (χ0v) is 13.4. The number of aromatic nitrogens is 2. The van der Waals surface area contributed by atoms with Crippen molar-refractivity contribution in [1.82, 2.24) is 9.78 Å². The van der Waals surface area contributed by atoms with E-state index in [2.05, 4.69) is 18.9 Å². The average molecular weight is 301 g/mol. The highest BCUT2D eigenvalue weighted by molar-refractivity contribution is 5.76.